The number of furan rings is 1. The molecular formula is C14H21NO3. The van der Waals surface area contributed by atoms with Gasteiger partial charge in [-0.2, -0.15) is 0 Å². The van der Waals surface area contributed by atoms with Gasteiger partial charge in [0.05, 0.1) is 0 Å². The molecule has 1 aromatic heterocycles. The number of carbonyl (C=O) groups is 1. The van der Waals surface area contributed by atoms with Crippen molar-refractivity contribution in [2.24, 2.45) is 5.92 Å². The maximum Gasteiger partial charge on any atom is 0.287 e. The van der Waals surface area contributed by atoms with Gasteiger partial charge in [-0.05, 0) is 38.2 Å². The molecule has 2 N–H and O–H groups in total. The summed E-state index contributed by atoms with van der Waals surface area (Å²) in [5, 5.41) is 12.0. The summed E-state index contributed by atoms with van der Waals surface area (Å²) >= 11 is 0. The molecule has 1 aromatic rings. The third kappa shape index (κ3) is 2.93. The fourth-order valence-corrected chi connectivity index (χ4v) is 2.25. The SMILES string of the molecule is CCc1cc(C)c(C(=O)NC(CCO)C2CC2)o1. The first-order valence-corrected chi connectivity index (χ1v) is 6.66. The lowest BCUT2D eigenvalue weighted by atomic mass is 10.1. The summed E-state index contributed by atoms with van der Waals surface area (Å²) in [5.41, 5.74) is 0.878. The highest BCUT2D eigenvalue weighted by Crippen LogP contribution is 2.34. The first-order valence-electron chi connectivity index (χ1n) is 6.66. The molecule has 18 heavy (non-hydrogen) atoms. The highest BCUT2D eigenvalue weighted by Gasteiger charge is 2.32. The molecule has 0 radical (unpaired) electrons. The number of hydrogen-bond acceptors (Lipinski definition) is 3. The van der Waals surface area contributed by atoms with Gasteiger partial charge < -0.3 is 14.8 Å². The van der Waals surface area contributed by atoms with Crippen molar-refractivity contribution >= 4 is 5.91 Å². The van der Waals surface area contributed by atoms with E-state index in [0.29, 0.717) is 18.1 Å². The van der Waals surface area contributed by atoms with Crippen molar-refractivity contribution in [3.63, 3.8) is 0 Å². The summed E-state index contributed by atoms with van der Waals surface area (Å²) in [4.78, 5) is 12.1. The van der Waals surface area contributed by atoms with E-state index in [1.807, 2.05) is 19.9 Å². The van der Waals surface area contributed by atoms with Crippen LogP contribution < -0.4 is 5.32 Å². The maximum atomic E-state index is 12.1. The van der Waals surface area contributed by atoms with E-state index in [1.54, 1.807) is 0 Å². The molecule has 0 aromatic carbocycles. The summed E-state index contributed by atoms with van der Waals surface area (Å²) < 4.78 is 5.53. The Morgan fingerprint density at radius 2 is 2.33 bits per heavy atom. The average molecular weight is 251 g/mol. The molecule has 0 aliphatic heterocycles. The summed E-state index contributed by atoms with van der Waals surface area (Å²) in [7, 11) is 0. The van der Waals surface area contributed by atoms with Crippen LogP contribution in [0.2, 0.25) is 0 Å². The van der Waals surface area contributed by atoms with Crippen molar-refractivity contribution in [3.8, 4) is 0 Å². The molecule has 1 aliphatic rings. The van der Waals surface area contributed by atoms with Crippen LogP contribution in [-0.4, -0.2) is 23.7 Å². The Balaban J connectivity index is 2.03. The molecule has 0 saturated heterocycles. The predicted molar refractivity (Wildman–Crippen MR) is 68.5 cm³/mol. The quantitative estimate of drug-likeness (QED) is 0.813. The normalized spacial score (nSPS) is 16.6. The molecule has 0 bridgehead atoms. The van der Waals surface area contributed by atoms with Crippen molar-refractivity contribution in [2.45, 2.75) is 45.6 Å². The average Bonchev–Trinajstić information content (AvgIpc) is 3.12. The van der Waals surface area contributed by atoms with Gasteiger partial charge in [-0.25, -0.2) is 0 Å². The van der Waals surface area contributed by atoms with E-state index >= 15 is 0 Å². The van der Waals surface area contributed by atoms with E-state index in [-0.39, 0.29) is 18.6 Å². The zero-order valence-electron chi connectivity index (χ0n) is 11.0. The van der Waals surface area contributed by atoms with E-state index in [4.69, 9.17) is 9.52 Å². The Bertz CT molecular complexity index is 421. The topological polar surface area (TPSA) is 62.5 Å². The number of carbonyl (C=O) groups excluding carboxylic acids is 1. The first-order chi connectivity index (χ1) is 8.65. The Kier molecular flexibility index (Phi) is 4.07. The third-order valence-corrected chi connectivity index (χ3v) is 3.47. The van der Waals surface area contributed by atoms with Gasteiger partial charge in [-0.3, -0.25) is 4.79 Å². The molecular weight excluding hydrogens is 230 g/mol. The van der Waals surface area contributed by atoms with E-state index in [2.05, 4.69) is 5.32 Å². The van der Waals surface area contributed by atoms with E-state index in [1.165, 1.54) is 0 Å². The second-order valence-corrected chi connectivity index (χ2v) is 5.01. The largest absolute Gasteiger partial charge is 0.456 e. The molecule has 100 valence electrons. The van der Waals surface area contributed by atoms with Crippen LogP contribution in [0.1, 0.15) is 48.1 Å². The molecule has 1 unspecified atom stereocenters. The monoisotopic (exact) mass is 251 g/mol. The molecule has 4 heteroatoms. The van der Waals surface area contributed by atoms with Crippen LogP contribution in [0.4, 0.5) is 0 Å². The van der Waals surface area contributed by atoms with Crippen molar-refractivity contribution in [3.05, 3.63) is 23.2 Å². The number of aryl methyl sites for hydroxylation is 2. The van der Waals surface area contributed by atoms with E-state index in [9.17, 15) is 4.79 Å². The fourth-order valence-electron chi connectivity index (χ4n) is 2.25. The number of aliphatic hydroxyl groups excluding tert-OH is 1. The van der Waals surface area contributed by atoms with Crippen molar-refractivity contribution < 1.29 is 14.3 Å². The van der Waals surface area contributed by atoms with Crippen molar-refractivity contribution in [1.82, 2.24) is 5.32 Å². The summed E-state index contributed by atoms with van der Waals surface area (Å²) in [6.07, 6.45) is 3.69. The smallest absolute Gasteiger partial charge is 0.287 e. The van der Waals surface area contributed by atoms with Gasteiger partial charge in [0, 0.05) is 24.6 Å². The predicted octanol–water partition coefficient (Wildman–Crippen LogP) is 2.04. The summed E-state index contributed by atoms with van der Waals surface area (Å²) in [6.45, 7) is 3.99. The molecule has 1 aliphatic carbocycles. The number of rotatable bonds is 6. The summed E-state index contributed by atoms with van der Waals surface area (Å²) in [6, 6.07) is 1.99. The summed E-state index contributed by atoms with van der Waals surface area (Å²) in [5.74, 6) is 1.62. The Morgan fingerprint density at radius 1 is 1.61 bits per heavy atom. The molecule has 1 heterocycles. The third-order valence-electron chi connectivity index (χ3n) is 3.47. The van der Waals surface area contributed by atoms with Gasteiger partial charge in [-0.15, -0.1) is 0 Å². The van der Waals surface area contributed by atoms with Gasteiger partial charge >= 0.3 is 0 Å². The van der Waals surface area contributed by atoms with Crippen LogP contribution in [-0.2, 0) is 6.42 Å². The van der Waals surface area contributed by atoms with Gasteiger partial charge in [0.2, 0.25) is 0 Å². The number of nitrogens with one attached hydrogen (secondary N) is 1. The van der Waals surface area contributed by atoms with Crippen LogP contribution in [0.25, 0.3) is 0 Å². The zero-order chi connectivity index (χ0) is 13.1. The Hall–Kier alpha value is -1.29. The standard InChI is InChI=1S/C14H21NO3/c1-3-11-8-9(2)13(18-11)14(17)15-12(6-7-16)10-4-5-10/h8,10,12,16H,3-7H2,1-2H3,(H,15,17). The zero-order valence-corrected chi connectivity index (χ0v) is 11.0. The van der Waals surface area contributed by atoms with Gasteiger partial charge in [0.25, 0.3) is 5.91 Å². The van der Waals surface area contributed by atoms with Gasteiger partial charge in [0.15, 0.2) is 5.76 Å². The highest BCUT2D eigenvalue weighted by atomic mass is 16.4. The number of hydrogen-bond donors (Lipinski definition) is 2. The fraction of sp³-hybridized carbons (Fsp3) is 0.643. The minimum atomic E-state index is -0.155. The van der Waals surface area contributed by atoms with Crippen LogP contribution in [0, 0.1) is 12.8 Å². The lowest BCUT2D eigenvalue weighted by molar-refractivity contribution is 0.0893. The van der Waals surface area contributed by atoms with E-state index < -0.39 is 0 Å². The second-order valence-electron chi connectivity index (χ2n) is 5.01. The lowest BCUT2D eigenvalue weighted by Crippen LogP contribution is -2.37. The molecule has 4 nitrogen and oxygen atoms in total. The van der Waals surface area contributed by atoms with Crippen LogP contribution in [0.15, 0.2) is 10.5 Å². The first kappa shape index (κ1) is 13.1. The highest BCUT2D eigenvalue weighted by molar-refractivity contribution is 5.93. The molecule has 2 rings (SSSR count). The minimum Gasteiger partial charge on any atom is -0.456 e. The second kappa shape index (κ2) is 5.57. The lowest BCUT2D eigenvalue weighted by Gasteiger charge is -2.16. The maximum absolute atomic E-state index is 12.1. The number of aliphatic hydroxyl groups is 1. The molecule has 1 atom stereocenters. The van der Waals surface area contributed by atoms with Crippen LogP contribution in [0.5, 0.6) is 0 Å². The molecule has 1 fully saturated rings. The Morgan fingerprint density at radius 3 is 2.83 bits per heavy atom. The van der Waals surface area contributed by atoms with Gasteiger partial charge in [0.1, 0.15) is 5.76 Å². The minimum absolute atomic E-state index is 0.0806. The molecule has 1 saturated carbocycles. The Labute approximate surface area is 107 Å². The van der Waals surface area contributed by atoms with E-state index in [0.717, 1.165) is 30.6 Å². The molecule has 1 amide bonds. The number of amides is 1. The van der Waals surface area contributed by atoms with Crippen LogP contribution in [0.3, 0.4) is 0 Å². The van der Waals surface area contributed by atoms with Crippen LogP contribution >= 0.6 is 0 Å². The van der Waals surface area contributed by atoms with Crippen molar-refractivity contribution in [2.75, 3.05) is 6.61 Å². The van der Waals surface area contributed by atoms with Crippen molar-refractivity contribution in [1.29, 1.82) is 0 Å². The van der Waals surface area contributed by atoms with Gasteiger partial charge in [-0.1, -0.05) is 6.92 Å². The molecule has 0 spiro atoms.